The molecule has 2 unspecified atom stereocenters. The first kappa shape index (κ1) is 14.7. The van der Waals surface area contributed by atoms with Crippen LogP contribution in [0.4, 0.5) is 0 Å². The normalized spacial score (nSPS) is 34.3. The first-order valence-corrected chi connectivity index (χ1v) is 8.97. The summed E-state index contributed by atoms with van der Waals surface area (Å²) in [6.45, 7) is 7.49. The molecule has 1 aromatic heterocycles. The Kier molecular flexibility index (Phi) is 4.25. The zero-order valence-corrected chi connectivity index (χ0v) is 13.8. The molecule has 0 aromatic carbocycles. The standard InChI is InChI=1S/C18H29N3O/c1-19-17(13-20-6-2-3-7-20)10-16-12-21(8-4-18(16)19)11-15-5-9-22-14-15/h5,9,14,16-18H,2-4,6-8,10-13H2,1H3/t16?,17-,18?/m0/s1. The van der Waals surface area contributed by atoms with Crippen molar-refractivity contribution in [2.45, 2.75) is 44.3 Å². The van der Waals surface area contributed by atoms with Gasteiger partial charge in [-0.05, 0) is 64.3 Å². The Balaban J connectivity index is 1.34. The monoisotopic (exact) mass is 303 g/mol. The van der Waals surface area contributed by atoms with E-state index in [1.54, 1.807) is 6.26 Å². The van der Waals surface area contributed by atoms with E-state index in [-0.39, 0.29) is 0 Å². The number of furan rings is 1. The lowest BCUT2D eigenvalue weighted by Crippen LogP contribution is -2.46. The molecule has 4 nitrogen and oxygen atoms in total. The molecule has 0 spiro atoms. The molecule has 0 amide bonds. The van der Waals surface area contributed by atoms with Gasteiger partial charge in [-0.3, -0.25) is 9.80 Å². The Morgan fingerprint density at radius 3 is 2.82 bits per heavy atom. The summed E-state index contributed by atoms with van der Waals surface area (Å²) in [5, 5.41) is 0. The molecular formula is C18H29N3O. The Labute approximate surface area is 134 Å². The van der Waals surface area contributed by atoms with Crippen LogP contribution in [0.25, 0.3) is 0 Å². The Morgan fingerprint density at radius 2 is 2.05 bits per heavy atom. The molecule has 3 aliphatic heterocycles. The maximum atomic E-state index is 5.21. The van der Waals surface area contributed by atoms with Crippen molar-refractivity contribution in [2.24, 2.45) is 5.92 Å². The van der Waals surface area contributed by atoms with Crippen molar-refractivity contribution in [3.63, 3.8) is 0 Å². The van der Waals surface area contributed by atoms with Crippen molar-refractivity contribution in [1.29, 1.82) is 0 Å². The molecule has 122 valence electrons. The summed E-state index contributed by atoms with van der Waals surface area (Å²) < 4.78 is 5.21. The molecule has 3 fully saturated rings. The molecule has 22 heavy (non-hydrogen) atoms. The van der Waals surface area contributed by atoms with E-state index in [0.717, 1.165) is 24.5 Å². The van der Waals surface area contributed by atoms with Crippen molar-refractivity contribution in [3.05, 3.63) is 24.2 Å². The van der Waals surface area contributed by atoms with E-state index < -0.39 is 0 Å². The van der Waals surface area contributed by atoms with Crippen molar-refractivity contribution < 1.29 is 4.42 Å². The van der Waals surface area contributed by atoms with Crippen LogP contribution in [0.3, 0.4) is 0 Å². The van der Waals surface area contributed by atoms with Crippen LogP contribution in [0.15, 0.2) is 23.0 Å². The average Bonchev–Trinajstić information content (AvgIpc) is 3.24. The van der Waals surface area contributed by atoms with E-state index in [1.165, 1.54) is 64.0 Å². The van der Waals surface area contributed by atoms with Crippen molar-refractivity contribution in [2.75, 3.05) is 39.8 Å². The molecule has 1 aromatic rings. The van der Waals surface area contributed by atoms with Gasteiger partial charge in [0.05, 0.1) is 12.5 Å². The molecule has 0 N–H and O–H groups in total. The minimum atomic E-state index is 0.780. The number of hydrogen-bond donors (Lipinski definition) is 0. The van der Waals surface area contributed by atoms with Gasteiger partial charge in [0.25, 0.3) is 0 Å². The third kappa shape index (κ3) is 2.97. The summed E-state index contributed by atoms with van der Waals surface area (Å²) in [5.74, 6) is 0.859. The molecule has 4 heteroatoms. The molecule has 4 heterocycles. The van der Waals surface area contributed by atoms with Crippen LogP contribution >= 0.6 is 0 Å². The highest BCUT2D eigenvalue weighted by Crippen LogP contribution is 2.35. The second kappa shape index (κ2) is 6.34. The van der Waals surface area contributed by atoms with E-state index in [1.807, 2.05) is 6.26 Å². The quantitative estimate of drug-likeness (QED) is 0.851. The van der Waals surface area contributed by atoms with E-state index in [9.17, 15) is 0 Å². The van der Waals surface area contributed by atoms with Gasteiger partial charge in [0.2, 0.25) is 0 Å². The van der Waals surface area contributed by atoms with Gasteiger partial charge in [0.15, 0.2) is 0 Å². The van der Waals surface area contributed by atoms with Crippen LogP contribution in [-0.4, -0.2) is 66.6 Å². The fourth-order valence-corrected chi connectivity index (χ4v) is 4.90. The lowest BCUT2D eigenvalue weighted by Gasteiger charge is -2.37. The third-order valence-electron chi connectivity index (χ3n) is 6.11. The molecule has 0 bridgehead atoms. The summed E-state index contributed by atoms with van der Waals surface area (Å²) in [6.07, 6.45) is 9.21. The fraction of sp³-hybridized carbons (Fsp3) is 0.778. The van der Waals surface area contributed by atoms with Gasteiger partial charge in [-0.2, -0.15) is 0 Å². The molecule has 3 saturated heterocycles. The molecule has 0 aliphatic carbocycles. The lowest BCUT2D eigenvalue weighted by atomic mass is 9.92. The second-order valence-corrected chi connectivity index (χ2v) is 7.55. The van der Waals surface area contributed by atoms with Gasteiger partial charge in [0, 0.05) is 37.3 Å². The molecule has 0 radical (unpaired) electrons. The Bertz CT molecular complexity index is 469. The van der Waals surface area contributed by atoms with Gasteiger partial charge in [0.1, 0.15) is 0 Å². The predicted octanol–water partition coefficient (Wildman–Crippen LogP) is 2.27. The first-order chi connectivity index (χ1) is 10.8. The molecule has 3 aliphatic rings. The topological polar surface area (TPSA) is 22.9 Å². The van der Waals surface area contributed by atoms with Crippen LogP contribution in [0.1, 0.15) is 31.2 Å². The van der Waals surface area contributed by atoms with Gasteiger partial charge >= 0.3 is 0 Å². The van der Waals surface area contributed by atoms with Gasteiger partial charge < -0.3 is 9.32 Å². The highest BCUT2D eigenvalue weighted by molar-refractivity contribution is 5.06. The number of likely N-dealkylation sites (tertiary alicyclic amines) is 3. The number of likely N-dealkylation sites (N-methyl/N-ethyl adjacent to an activating group) is 1. The number of fused-ring (bicyclic) bond motifs is 1. The van der Waals surface area contributed by atoms with Crippen molar-refractivity contribution >= 4 is 0 Å². The largest absolute Gasteiger partial charge is 0.472 e. The van der Waals surface area contributed by atoms with E-state index in [0.29, 0.717) is 0 Å². The van der Waals surface area contributed by atoms with Gasteiger partial charge in [-0.15, -0.1) is 0 Å². The molecule has 4 rings (SSSR count). The molecule has 3 atom stereocenters. The van der Waals surface area contributed by atoms with Crippen LogP contribution in [-0.2, 0) is 6.54 Å². The lowest BCUT2D eigenvalue weighted by molar-refractivity contribution is 0.107. The zero-order chi connectivity index (χ0) is 14.9. The number of hydrogen-bond acceptors (Lipinski definition) is 4. The van der Waals surface area contributed by atoms with E-state index >= 15 is 0 Å². The first-order valence-electron chi connectivity index (χ1n) is 8.97. The SMILES string of the molecule is CN1C2CCN(Cc3ccoc3)CC2C[C@H]1CN1CCCC1. The fourth-order valence-electron chi connectivity index (χ4n) is 4.90. The summed E-state index contributed by atoms with van der Waals surface area (Å²) in [7, 11) is 2.37. The predicted molar refractivity (Wildman–Crippen MR) is 87.7 cm³/mol. The second-order valence-electron chi connectivity index (χ2n) is 7.55. The molecule has 0 saturated carbocycles. The van der Waals surface area contributed by atoms with Crippen molar-refractivity contribution in [1.82, 2.24) is 14.7 Å². The summed E-state index contributed by atoms with van der Waals surface area (Å²) in [4.78, 5) is 8.01. The maximum absolute atomic E-state index is 5.21. The molecular weight excluding hydrogens is 274 g/mol. The highest BCUT2D eigenvalue weighted by atomic mass is 16.3. The maximum Gasteiger partial charge on any atom is 0.0947 e. The number of nitrogens with zero attached hydrogens (tertiary/aromatic N) is 3. The minimum Gasteiger partial charge on any atom is -0.472 e. The summed E-state index contributed by atoms with van der Waals surface area (Å²) >= 11 is 0. The van der Waals surface area contributed by atoms with E-state index in [2.05, 4.69) is 27.8 Å². The Morgan fingerprint density at radius 1 is 1.18 bits per heavy atom. The highest BCUT2D eigenvalue weighted by Gasteiger charge is 2.42. The van der Waals surface area contributed by atoms with Crippen LogP contribution < -0.4 is 0 Å². The van der Waals surface area contributed by atoms with Gasteiger partial charge in [-0.25, -0.2) is 0 Å². The number of rotatable bonds is 4. The van der Waals surface area contributed by atoms with E-state index in [4.69, 9.17) is 4.42 Å². The average molecular weight is 303 g/mol. The summed E-state index contributed by atoms with van der Waals surface area (Å²) in [5.41, 5.74) is 1.32. The van der Waals surface area contributed by atoms with Gasteiger partial charge in [-0.1, -0.05) is 0 Å². The Hall–Kier alpha value is -0.840. The third-order valence-corrected chi connectivity index (χ3v) is 6.11. The summed E-state index contributed by atoms with van der Waals surface area (Å²) in [6, 6.07) is 3.69. The van der Waals surface area contributed by atoms with Crippen LogP contribution in [0.2, 0.25) is 0 Å². The zero-order valence-electron chi connectivity index (χ0n) is 13.8. The number of piperidine rings is 1. The van der Waals surface area contributed by atoms with Crippen LogP contribution in [0.5, 0.6) is 0 Å². The van der Waals surface area contributed by atoms with Crippen LogP contribution in [0, 0.1) is 5.92 Å². The smallest absolute Gasteiger partial charge is 0.0947 e. The minimum absolute atomic E-state index is 0.780. The van der Waals surface area contributed by atoms with Crippen molar-refractivity contribution in [3.8, 4) is 0 Å².